The van der Waals surface area contributed by atoms with Gasteiger partial charge in [0.25, 0.3) is 5.91 Å². The second kappa shape index (κ2) is 3.73. The van der Waals surface area contributed by atoms with E-state index in [1.54, 1.807) is 12.3 Å². The Labute approximate surface area is 77.9 Å². The van der Waals surface area contributed by atoms with Crippen LogP contribution in [0.4, 0.5) is 0 Å². The van der Waals surface area contributed by atoms with Crippen LogP contribution in [0.25, 0.3) is 0 Å². The minimum Gasteiger partial charge on any atom is -0.299 e. The summed E-state index contributed by atoms with van der Waals surface area (Å²) >= 11 is 6.81. The Hall–Kier alpha value is -0.550. The first-order chi connectivity index (χ1) is 5.24. The molecule has 0 aliphatic rings. The van der Waals surface area contributed by atoms with E-state index in [9.17, 15) is 4.79 Å². The molecule has 1 amide bonds. The lowest BCUT2D eigenvalue weighted by Gasteiger charge is -1.96. The minimum absolute atomic E-state index is 0.262. The lowest BCUT2D eigenvalue weighted by Crippen LogP contribution is -2.12. The van der Waals surface area contributed by atoms with Crippen LogP contribution >= 0.6 is 28.7 Å². The molecule has 0 aliphatic heterocycles. The van der Waals surface area contributed by atoms with Crippen molar-refractivity contribution >= 4 is 34.7 Å². The highest BCUT2D eigenvalue weighted by molar-refractivity contribution is 9.10. The molecule has 11 heavy (non-hydrogen) atoms. The van der Waals surface area contributed by atoms with Crippen molar-refractivity contribution in [1.82, 2.24) is 9.71 Å². The lowest BCUT2D eigenvalue weighted by molar-refractivity contribution is 0.0984. The summed E-state index contributed by atoms with van der Waals surface area (Å²) in [5.41, 5.74) is 0.481. The number of carbonyl (C=O) groups is 1. The van der Waals surface area contributed by atoms with Gasteiger partial charge in [0.15, 0.2) is 0 Å². The monoisotopic (exact) mass is 232 g/mol. The molecular formula is C6H5BrN2OS. The number of amides is 1. The molecule has 0 bridgehead atoms. The predicted octanol–water partition coefficient (Wildman–Crippen LogP) is 1.42. The normalized spacial score (nSPS) is 9.27. The zero-order valence-corrected chi connectivity index (χ0v) is 7.89. The molecule has 1 heterocycles. The van der Waals surface area contributed by atoms with Gasteiger partial charge in [-0.2, -0.15) is 0 Å². The third-order valence-corrected chi connectivity index (χ3v) is 1.71. The molecule has 1 rings (SSSR count). The van der Waals surface area contributed by atoms with E-state index in [1.165, 1.54) is 6.20 Å². The van der Waals surface area contributed by atoms with Crippen molar-refractivity contribution in [2.24, 2.45) is 0 Å². The van der Waals surface area contributed by atoms with E-state index in [0.29, 0.717) is 5.56 Å². The molecule has 0 saturated heterocycles. The van der Waals surface area contributed by atoms with Crippen LogP contribution in [0.15, 0.2) is 22.9 Å². The molecule has 0 aromatic carbocycles. The summed E-state index contributed by atoms with van der Waals surface area (Å²) in [4.78, 5) is 14.7. The molecule has 5 heteroatoms. The van der Waals surface area contributed by atoms with Crippen LogP contribution in [0, 0.1) is 0 Å². The molecule has 0 aliphatic carbocycles. The van der Waals surface area contributed by atoms with Gasteiger partial charge in [0.1, 0.15) is 0 Å². The van der Waals surface area contributed by atoms with Crippen molar-refractivity contribution in [1.29, 1.82) is 0 Å². The number of carbonyl (C=O) groups excluding carboxylic acids is 1. The number of rotatable bonds is 1. The number of nitrogens with zero attached hydrogens (tertiary/aromatic N) is 1. The Bertz CT molecular complexity index is 279. The first-order valence-corrected chi connectivity index (χ1v) is 4.03. The number of thiol groups is 1. The highest BCUT2D eigenvalue weighted by Gasteiger charge is 2.02. The van der Waals surface area contributed by atoms with Crippen molar-refractivity contribution in [3.05, 3.63) is 28.5 Å². The van der Waals surface area contributed by atoms with Crippen molar-refractivity contribution in [3.63, 3.8) is 0 Å². The lowest BCUT2D eigenvalue weighted by atomic mass is 10.3. The maximum Gasteiger partial charge on any atom is 0.262 e. The first kappa shape index (κ1) is 8.55. The molecule has 1 N–H and O–H groups in total. The van der Waals surface area contributed by atoms with Gasteiger partial charge in [-0.25, -0.2) is 0 Å². The van der Waals surface area contributed by atoms with E-state index in [0.717, 1.165) is 4.47 Å². The number of hydrogen-bond donors (Lipinski definition) is 2. The van der Waals surface area contributed by atoms with Crippen molar-refractivity contribution in [2.45, 2.75) is 0 Å². The van der Waals surface area contributed by atoms with Crippen molar-refractivity contribution in [3.8, 4) is 0 Å². The molecule has 0 unspecified atom stereocenters. The molecule has 0 radical (unpaired) electrons. The fourth-order valence-electron chi connectivity index (χ4n) is 0.601. The smallest absolute Gasteiger partial charge is 0.262 e. The van der Waals surface area contributed by atoms with Gasteiger partial charge >= 0.3 is 0 Å². The third-order valence-electron chi connectivity index (χ3n) is 1.07. The molecule has 1 aromatic rings. The Balaban J connectivity index is 2.96. The van der Waals surface area contributed by atoms with Gasteiger partial charge in [0.2, 0.25) is 0 Å². The second-order valence-corrected chi connectivity index (χ2v) is 2.97. The molecule has 0 saturated carbocycles. The van der Waals surface area contributed by atoms with Gasteiger partial charge in [0.05, 0.1) is 5.56 Å². The molecule has 3 nitrogen and oxygen atoms in total. The van der Waals surface area contributed by atoms with E-state index in [-0.39, 0.29) is 5.91 Å². The largest absolute Gasteiger partial charge is 0.299 e. The van der Waals surface area contributed by atoms with E-state index in [4.69, 9.17) is 0 Å². The third kappa shape index (κ3) is 2.20. The number of pyridine rings is 1. The van der Waals surface area contributed by atoms with Crippen LogP contribution in [0.2, 0.25) is 0 Å². The Morgan fingerprint density at radius 2 is 2.36 bits per heavy atom. The molecular weight excluding hydrogens is 228 g/mol. The van der Waals surface area contributed by atoms with Crippen LogP contribution in [0.3, 0.4) is 0 Å². The SMILES string of the molecule is O=C(NS)c1cncc(Br)c1. The van der Waals surface area contributed by atoms with Gasteiger partial charge in [-0.3, -0.25) is 14.5 Å². The zero-order valence-electron chi connectivity index (χ0n) is 5.41. The van der Waals surface area contributed by atoms with Crippen LogP contribution in [0.5, 0.6) is 0 Å². The summed E-state index contributed by atoms with van der Waals surface area (Å²) in [6.07, 6.45) is 3.08. The molecule has 58 valence electrons. The second-order valence-electron chi connectivity index (χ2n) is 1.83. The van der Waals surface area contributed by atoms with Crippen LogP contribution in [0.1, 0.15) is 10.4 Å². The summed E-state index contributed by atoms with van der Waals surface area (Å²) in [6, 6.07) is 1.67. The summed E-state index contributed by atoms with van der Waals surface area (Å²) in [5.74, 6) is -0.262. The highest BCUT2D eigenvalue weighted by atomic mass is 79.9. The van der Waals surface area contributed by atoms with Crippen molar-refractivity contribution in [2.75, 3.05) is 0 Å². The van der Waals surface area contributed by atoms with E-state index in [1.807, 2.05) is 0 Å². The number of halogens is 1. The summed E-state index contributed by atoms with van der Waals surface area (Å²) in [6.45, 7) is 0. The summed E-state index contributed by atoms with van der Waals surface area (Å²) < 4.78 is 2.97. The summed E-state index contributed by atoms with van der Waals surface area (Å²) in [7, 11) is 0. The van der Waals surface area contributed by atoms with E-state index in [2.05, 4.69) is 38.5 Å². The first-order valence-electron chi connectivity index (χ1n) is 2.79. The Morgan fingerprint density at radius 3 is 2.91 bits per heavy atom. The fraction of sp³-hybridized carbons (Fsp3) is 0. The van der Waals surface area contributed by atoms with Gasteiger partial charge in [-0.1, -0.05) is 12.8 Å². The van der Waals surface area contributed by atoms with Gasteiger partial charge in [-0.15, -0.1) is 0 Å². The van der Waals surface area contributed by atoms with E-state index >= 15 is 0 Å². The average molecular weight is 233 g/mol. The van der Waals surface area contributed by atoms with Crippen LogP contribution in [-0.4, -0.2) is 10.9 Å². The quantitative estimate of drug-likeness (QED) is 0.720. The zero-order chi connectivity index (χ0) is 8.27. The number of nitrogens with one attached hydrogen (secondary N) is 1. The number of hydrogen-bond acceptors (Lipinski definition) is 3. The fourth-order valence-corrected chi connectivity index (χ4v) is 1.09. The molecule has 1 aromatic heterocycles. The van der Waals surface area contributed by atoms with Crippen LogP contribution < -0.4 is 4.72 Å². The molecule has 0 spiro atoms. The topological polar surface area (TPSA) is 42.0 Å². The Kier molecular flexibility index (Phi) is 2.90. The minimum atomic E-state index is -0.262. The van der Waals surface area contributed by atoms with Crippen LogP contribution in [-0.2, 0) is 0 Å². The molecule has 0 fully saturated rings. The van der Waals surface area contributed by atoms with Crippen molar-refractivity contribution < 1.29 is 4.79 Å². The number of aromatic nitrogens is 1. The maximum atomic E-state index is 10.9. The van der Waals surface area contributed by atoms with Gasteiger partial charge in [-0.05, 0) is 22.0 Å². The summed E-state index contributed by atoms with van der Waals surface area (Å²) in [5, 5.41) is 0. The standard InChI is InChI=1S/C6H5BrN2OS/c7-5-1-4(2-8-3-5)6(10)9-11/h1-3,11H,(H,9,10). The van der Waals surface area contributed by atoms with E-state index < -0.39 is 0 Å². The predicted molar refractivity (Wildman–Crippen MR) is 48.4 cm³/mol. The highest BCUT2D eigenvalue weighted by Crippen LogP contribution is 2.09. The maximum absolute atomic E-state index is 10.9. The van der Waals surface area contributed by atoms with Gasteiger partial charge in [0, 0.05) is 16.9 Å². The van der Waals surface area contributed by atoms with Gasteiger partial charge < -0.3 is 0 Å². The Morgan fingerprint density at radius 1 is 1.64 bits per heavy atom. The molecule has 0 atom stereocenters. The average Bonchev–Trinajstić information content (AvgIpc) is 2.03.